The van der Waals surface area contributed by atoms with E-state index in [9.17, 15) is 0 Å². The van der Waals surface area contributed by atoms with Gasteiger partial charge in [-0.15, -0.1) is 0 Å². The molecule has 0 heterocycles. The molecule has 0 fully saturated rings. The van der Waals surface area contributed by atoms with E-state index in [1.165, 1.54) is 0 Å². The van der Waals surface area contributed by atoms with E-state index >= 15 is 0 Å². The van der Waals surface area contributed by atoms with Crippen molar-refractivity contribution in [2.75, 3.05) is 0 Å². The Kier molecular flexibility index (Phi) is 6.17. The molecule has 2 nitrogen and oxygen atoms in total. The summed E-state index contributed by atoms with van der Waals surface area (Å²) in [6.07, 6.45) is 0.0244. The molecular weight excluding hydrogens is 272 g/mol. The van der Waals surface area contributed by atoms with Crippen LogP contribution in [0.1, 0.15) is 51.0 Å². The van der Waals surface area contributed by atoms with Crippen LogP contribution in [0.2, 0.25) is 0 Å². The smallest absolute Gasteiger partial charge is 0.113 e. The molecule has 22 heavy (non-hydrogen) atoms. The average molecular weight is 298 g/mol. The lowest BCUT2D eigenvalue weighted by atomic mass is 9.97. The van der Waals surface area contributed by atoms with Gasteiger partial charge in [0.05, 0.1) is 12.2 Å². The van der Waals surface area contributed by atoms with Gasteiger partial charge in [0.2, 0.25) is 0 Å². The van der Waals surface area contributed by atoms with E-state index in [-0.39, 0.29) is 24.4 Å². The predicted molar refractivity (Wildman–Crippen MR) is 90.8 cm³/mol. The molecule has 0 bridgehead atoms. The summed E-state index contributed by atoms with van der Waals surface area (Å²) >= 11 is 0. The first-order valence-corrected chi connectivity index (χ1v) is 7.98. The molecule has 118 valence electrons. The fraction of sp³-hybridized carbons (Fsp3) is 0.400. The van der Waals surface area contributed by atoms with Crippen molar-refractivity contribution in [1.82, 2.24) is 0 Å². The van der Waals surface area contributed by atoms with Crippen molar-refractivity contribution < 1.29 is 9.47 Å². The van der Waals surface area contributed by atoms with Crippen LogP contribution in [0.4, 0.5) is 0 Å². The standard InChI is InChI=1S/C20H26O2/c1-15(2)21-19(17-11-7-5-8-12-17)20(22-16(3)4)18-13-9-6-10-14-18/h5-16,19-20H,1-4H3. The highest BCUT2D eigenvalue weighted by Crippen LogP contribution is 2.36. The highest BCUT2D eigenvalue weighted by Gasteiger charge is 2.28. The van der Waals surface area contributed by atoms with Gasteiger partial charge in [-0.1, -0.05) is 60.7 Å². The maximum atomic E-state index is 6.23. The molecule has 0 saturated carbocycles. The first kappa shape index (κ1) is 16.7. The SMILES string of the molecule is CC(C)OC(c1ccccc1)C(OC(C)C)c1ccccc1. The minimum atomic E-state index is -0.119. The van der Waals surface area contributed by atoms with Gasteiger partial charge in [-0.25, -0.2) is 0 Å². The van der Waals surface area contributed by atoms with E-state index in [0.717, 1.165) is 11.1 Å². The van der Waals surface area contributed by atoms with Crippen molar-refractivity contribution in [2.24, 2.45) is 0 Å². The normalized spacial score (nSPS) is 14.3. The quantitative estimate of drug-likeness (QED) is 0.689. The van der Waals surface area contributed by atoms with Gasteiger partial charge in [-0.05, 0) is 38.8 Å². The second-order valence-corrected chi connectivity index (χ2v) is 6.03. The summed E-state index contributed by atoms with van der Waals surface area (Å²) in [7, 11) is 0. The zero-order chi connectivity index (χ0) is 15.9. The average Bonchev–Trinajstić information content (AvgIpc) is 2.52. The van der Waals surface area contributed by atoms with E-state index < -0.39 is 0 Å². The molecule has 2 aromatic rings. The zero-order valence-electron chi connectivity index (χ0n) is 13.9. The van der Waals surface area contributed by atoms with Crippen LogP contribution in [0.15, 0.2) is 60.7 Å². The molecule has 2 unspecified atom stereocenters. The Balaban J connectivity index is 2.39. The maximum Gasteiger partial charge on any atom is 0.113 e. The molecule has 0 saturated heterocycles. The Hall–Kier alpha value is -1.64. The Morgan fingerprint density at radius 3 is 1.14 bits per heavy atom. The molecule has 0 N–H and O–H groups in total. The third-order valence-electron chi connectivity index (χ3n) is 3.37. The number of benzene rings is 2. The molecule has 0 aliphatic carbocycles. The lowest BCUT2D eigenvalue weighted by Gasteiger charge is -2.31. The first-order valence-electron chi connectivity index (χ1n) is 7.98. The van der Waals surface area contributed by atoms with E-state index in [1.807, 2.05) is 36.4 Å². The minimum Gasteiger partial charge on any atom is -0.368 e. The van der Waals surface area contributed by atoms with Crippen LogP contribution in [0, 0.1) is 0 Å². The fourth-order valence-corrected chi connectivity index (χ4v) is 2.52. The summed E-state index contributed by atoms with van der Waals surface area (Å²) in [5.74, 6) is 0. The summed E-state index contributed by atoms with van der Waals surface area (Å²) in [4.78, 5) is 0. The van der Waals surface area contributed by atoms with Gasteiger partial charge in [0.1, 0.15) is 12.2 Å². The van der Waals surface area contributed by atoms with E-state index in [2.05, 4.69) is 52.0 Å². The van der Waals surface area contributed by atoms with Crippen LogP contribution >= 0.6 is 0 Å². The second kappa shape index (κ2) is 8.11. The molecule has 0 spiro atoms. The molecule has 0 amide bonds. The summed E-state index contributed by atoms with van der Waals surface area (Å²) in [6, 6.07) is 20.6. The van der Waals surface area contributed by atoms with Gasteiger partial charge in [0.25, 0.3) is 0 Å². The highest BCUT2D eigenvalue weighted by atomic mass is 16.5. The molecule has 2 atom stereocenters. The largest absolute Gasteiger partial charge is 0.368 e. The Morgan fingerprint density at radius 1 is 0.545 bits per heavy atom. The number of ether oxygens (including phenoxy) is 2. The van der Waals surface area contributed by atoms with Crippen LogP contribution in [0.3, 0.4) is 0 Å². The fourth-order valence-electron chi connectivity index (χ4n) is 2.52. The summed E-state index contributed by atoms with van der Waals surface area (Å²) in [6.45, 7) is 8.25. The molecule has 2 aromatic carbocycles. The van der Waals surface area contributed by atoms with E-state index in [1.54, 1.807) is 0 Å². The zero-order valence-corrected chi connectivity index (χ0v) is 13.9. The van der Waals surface area contributed by atoms with Gasteiger partial charge in [-0.3, -0.25) is 0 Å². The van der Waals surface area contributed by atoms with Crippen LogP contribution in [0.5, 0.6) is 0 Å². The van der Waals surface area contributed by atoms with Crippen LogP contribution in [-0.2, 0) is 9.47 Å². The minimum absolute atomic E-state index is 0.119. The van der Waals surface area contributed by atoms with Gasteiger partial charge >= 0.3 is 0 Å². The molecule has 0 aromatic heterocycles. The van der Waals surface area contributed by atoms with Crippen LogP contribution in [0.25, 0.3) is 0 Å². The van der Waals surface area contributed by atoms with Crippen molar-refractivity contribution in [3.05, 3.63) is 71.8 Å². The lowest BCUT2D eigenvalue weighted by Crippen LogP contribution is -2.23. The van der Waals surface area contributed by atoms with Crippen molar-refractivity contribution in [3.8, 4) is 0 Å². The number of hydrogen-bond acceptors (Lipinski definition) is 2. The monoisotopic (exact) mass is 298 g/mol. The third-order valence-corrected chi connectivity index (χ3v) is 3.37. The van der Waals surface area contributed by atoms with Gasteiger partial charge in [0.15, 0.2) is 0 Å². The Morgan fingerprint density at radius 2 is 0.864 bits per heavy atom. The molecule has 2 rings (SSSR count). The van der Waals surface area contributed by atoms with Crippen molar-refractivity contribution >= 4 is 0 Å². The van der Waals surface area contributed by atoms with Crippen molar-refractivity contribution in [2.45, 2.75) is 52.1 Å². The topological polar surface area (TPSA) is 18.5 Å². The van der Waals surface area contributed by atoms with Gasteiger partial charge < -0.3 is 9.47 Å². The summed E-state index contributed by atoms with van der Waals surface area (Å²) in [5.41, 5.74) is 2.29. The summed E-state index contributed by atoms with van der Waals surface area (Å²) < 4.78 is 12.5. The Bertz CT molecular complexity index is 483. The van der Waals surface area contributed by atoms with Crippen LogP contribution in [-0.4, -0.2) is 12.2 Å². The van der Waals surface area contributed by atoms with Crippen molar-refractivity contribution in [3.63, 3.8) is 0 Å². The van der Waals surface area contributed by atoms with Gasteiger partial charge in [0, 0.05) is 0 Å². The van der Waals surface area contributed by atoms with E-state index in [4.69, 9.17) is 9.47 Å². The van der Waals surface area contributed by atoms with Gasteiger partial charge in [-0.2, -0.15) is 0 Å². The van der Waals surface area contributed by atoms with Crippen molar-refractivity contribution in [1.29, 1.82) is 0 Å². The Labute approximate surface area is 134 Å². The maximum absolute atomic E-state index is 6.23. The molecule has 0 radical (unpaired) electrons. The third kappa shape index (κ3) is 4.69. The summed E-state index contributed by atoms with van der Waals surface area (Å²) in [5, 5.41) is 0. The highest BCUT2D eigenvalue weighted by molar-refractivity contribution is 5.25. The van der Waals surface area contributed by atoms with E-state index in [0.29, 0.717) is 0 Å². The molecule has 0 aliphatic rings. The molecule has 0 aliphatic heterocycles. The predicted octanol–water partition coefficient (Wildman–Crippen LogP) is 5.32. The molecular formula is C20H26O2. The lowest BCUT2D eigenvalue weighted by molar-refractivity contribution is -0.115. The number of rotatable bonds is 7. The number of hydrogen-bond donors (Lipinski definition) is 0. The molecule has 2 heteroatoms. The second-order valence-electron chi connectivity index (χ2n) is 6.03. The first-order chi connectivity index (χ1) is 10.6. The van der Waals surface area contributed by atoms with Crippen LogP contribution < -0.4 is 0 Å².